The molecule has 0 radical (unpaired) electrons. The molecule has 1 aliphatic carbocycles. The summed E-state index contributed by atoms with van der Waals surface area (Å²) in [5.41, 5.74) is 0.403. The quantitative estimate of drug-likeness (QED) is 0.843. The summed E-state index contributed by atoms with van der Waals surface area (Å²) in [6.45, 7) is 2.24. The van der Waals surface area contributed by atoms with Crippen LogP contribution in [0.3, 0.4) is 0 Å². The van der Waals surface area contributed by atoms with Crippen molar-refractivity contribution in [3.05, 3.63) is 0 Å². The Morgan fingerprint density at radius 2 is 2.11 bits per heavy atom. The van der Waals surface area contributed by atoms with Crippen LogP contribution in [0.1, 0.15) is 51.4 Å². The maximum atomic E-state index is 4.87. The maximum absolute atomic E-state index is 4.87. The topological polar surface area (TPSA) is 27.6 Å². The second-order valence-corrected chi connectivity index (χ2v) is 7.49. The molecule has 0 amide bonds. The largest absolute Gasteiger partial charge is 0.359 e. The van der Waals surface area contributed by atoms with Gasteiger partial charge in [-0.2, -0.15) is 0 Å². The number of likely N-dealkylation sites (tertiary alicyclic amines) is 1. The van der Waals surface area contributed by atoms with Crippen molar-refractivity contribution in [1.29, 1.82) is 0 Å². The molecule has 3 nitrogen and oxygen atoms in total. The molecule has 0 aromatic carbocycles. The molecule has 0 aromatic rings. The highest BCUT2D eigenvalue weighted by Gasteiger charge is 2.38. The number of likely N-dealkylation sites (N-methyl/N-ethyl adjacent to an activating group) is 1. The number of hydrogen-bond acceptors (Lipinski definition) is 3. The van der Waals surface area contributed by atoms with E-state index >= 15 is 0 Å². The van der Waals surface area contributed by atoms with Crippen molar-refractivity contribution in [3.8, 4) is 0 Å². The predicted molar refractivity (Wildman–Crippen MR) is 84.0 cm³/mol. The maximum Gasteiger partial charge on any atom is 0.157 e. The van der Waals surface area contributed by atoms with Crippen molar-refractivity contribution in [2.45, 2.75) is 62.9 Å². The molecule has 1 unspecified atom stereocenters. The average Bonchev–Trinajstić information content (AvgIpc) is 2.82. The van der Waals surface area contributed by atoms with Gasteiger partial charge in [0, 0.05) is 17.3 Å². The Hall–Kier alpha value is -0.220. The van der Waals surface area contributed by atoms with Crippen LogP contribution in [0.5, 0.6) is 0 Å². The van der Waals surface area contributed by atoms with Crippen LogP contribution in [0, 0.1) is 0 Å². The van der Waals surface area contributed by atoms with E-state index in [1.807, 2.05) is 11.8 Å². The lowest BCUT2D eigenvalue weighted by Gasteiger charge is -2.33. The van der Waals surface area contributed by atoms with E-state index in [4.69, 9.17) is 4.99 Å². The van der Waals surface area contributed by atoms with Gasteiger partial charge >= 0.3 is 0 Å². The third-order valence-corrected chi connectivity index (χ3v) is 6.24. The molecule has 1 saturated carbocycles. The molecule has 2 aliphatic heterocycles. The summed E-state index contributed by atoms with van der Waals surface area (Å²) in [5, 5.41) is 4.98. The first-order valence-electron chi connectivity index (χ1n) is 7.93. The lowest BCUT2D eigenvalue weighted by Crippen LogP contribution is -2.45. The van der Waals surface area contributed by atoms with Crippen LogP contribution in [0.25, 0.3) is 0 Å². The Labute approximate surface area is 121 Å². The minimum atomic E-state index is 0.403. The van der Waals surface area contributed by atoms with E-state index in [0.717, 1.165) is 6.54 Å². The van der Waals surface area contributed by atoms with Crippen LogP contribution in [0.2, 0.25) is 0 Å². The van der Waals surface area contributed by atoms with Crippen molar-refractivity contribution in [2.75, 3.05) is 25.9 Å². The molecule has 0 aromatic heterocycles. The van der Waals surface area contributed by atoms with Crippen LogP contribution in [-0.2, 0) is 0 Å². The second kappa shape index (κ2) is 6.04. The predicted octanol–water partition coefficient (Wildman–Crippen LogP) is 2.87. The van der Waals surface area contributed by atoms with Crippen molar-refractivity contribution >= 4 is 16.9 Å². The highest BCUT2D eigenvalue weighted by Crippen LogP contribution is 2.36. The monoisotopic (exact) mass is 281 g/mol. The molecule has 3 fully saturated rings. The number of nitrogens with zero attached hydrogens (tertiary/aromatic N) is 2. The molecule has 2 heterocycles. The van der Waals surface area contributed by atoms with Gasteiger partial charge < -0.3 is 10.2 Å². The van der Waals surface area contributed by atoms with E-state index in [0.29, 0.717) is 11.6 Å². The van der Waals surface area contributed by atoms with E-state index in [1.54, 1.807) is 0 Å². The van der Waals surface area contributed by atoms with Crippen molar-refractivity contribution in [1.82, 2.24) is 10.2 Å². The molecular formula is C15H27N3S. The zero-order chi connectivity index (χ0) is 13.1. The van der Waals surface area contributed by atoms with Gasteiger partial charge in [0.15, 0.2) is 5.17 Å². The third kappa shape index (κ3) is 3.27. The van der Waals surface area contributed by atoms with Crippen LogP contribution >= 0.6 is 11.8 Å². The van der Waals surface area contributed by atoms with Crippen LogP contribution < -0.4 is 5.32 Å². The van der Waals surface area contributed by atoms with Gasteiger partial charge in [-0.1, -0.05) is 37.4 Å². The van der Waals surface area contributed by atoms with E-state index in [2.05, 4.69) is 17.3 Å². The lowest BCUT2D eigenvalue weighted by atomic mass is 9.83. The standard InChI is InChI=1S/C15H27N3S/c1-18-10-6-3-7-13(18)11-16-14-17-15(12-19-14)8-4-2-5-9-15/h13H,2-12H2,1H3,(H,16,17). The van der Waals surface area contributed by atoms with Crippen LogP contribution in [-0.4, -0.2) is 47.5 Å². The number of piperidine rings is 1. The molecule has 3 aliphatic rings. The first-order valence-corrected chi connectivity index (χ1v) is 8.92. The Kier molecular flexibility index (Phi) is 4.37. The number of aliphatic imine (C=N–C) groups is 1. The fourth-order valence-electron chi connectivity index (χ4n) is 3.65. The molecule has 1 N–H and O–H groups in total. The molecular weight excluding hydrogens is 254 g/mol. The smallest absolute Gasteiger partial charge is 0.157 e. The fraction of sp³-hybridized carbons (Fsp3) is 0.933. The summed E-state index contributed by atoms with van der Waals surface area (Å²) < 4.78 is 0. The van der Waals surface area contributed by atoms with E-state index < -0.39 is 0 Å². The van der Waals surface area contributed by atoms with E-state index in [-0.39, 0.29) is 0 Å². The number of rotatable bonds is 2. The SMILES string of the molecule is CN1CCCCC1CN=C1NC2(CCCCC2)CS1. The van der Waals surface area contributed by atoms with Gasteiger partial charge in [0.1, 0.15) is 0 Å². The highest BCUT2D eigenvalue weighted by atomic mass is 32.2. The van der Waals surface area contributed by atoms with Crippen molar-refractivity contribution < 1.29 is 0 Å². The molecule has 1 spiro atoms. The molecule has 108 valence electrons. The van der Waals surface area contributed by atoms with Crippen LogP contribution in [0.15, 0.2) is 4.99 Å². The molecule has 19 heavy (non-hydrogen) atoms. The van der Waals surface area contributed by atoms with Gasteiger partial charge in [-0.15, -0.1) is 0 Å². The first kappa shape index (κ1) is 13.7. The first-order chi connectivity index (χ1) is 9.27. The van der Waals surface area contributed by atoms with Gasteiger partial charge in [0.05, 0.1) is 6.54 Å². The Balaban J connectivity index is 1.53. The molecule has 2 saturated heterocycles. The summed E-state index contributed by atoms with van der Waals surface area (Å²) in [5.74, 6) is 1.24. The lowest BCUT2D eigenvalue weighted by molar-refractivity contribution is 0.191. The Morgan fingerprint density at radius 1 is 1.26 bits per heavy atom. The molecule has 0 bridgehead atoms. The van der Waals surface area contributed by atoms with Crippen molar-refractivity contribution in [3.63, 3.8) is 0 Å². The molecule has 4 heteroatoms. The van der Waals surface area contributed by atoms with Gasteiger partial charge in [-0.05, 0) is 39.3 Å². The summed E-state index contributed by atoms with van der Waals surface area (Å²) >= 11 is 1.96. The average molecular weight is 281 g/mol. The van der Waals surface area contributed by atoms with Gasteiger partial charge in [0.25, 0.3) is 0 Å². The number of thioether (sulfide) groups is 1. The highest BCUT2D eigenvalue weighted by molar-refractivity contribution is 8.14. The summed E-state index contributed by atoms with van der Waals surface area (Å²) in [6, 6.07) is 0.673. The normalized spacial score (nSPS) is 33.7. The third-order valence-electron chi connectivity index (χ3n) is 5.04. The van der Waals surface area contributed by atoms with Gasteiger partial charge in [-0.25, -0.2) is 0 Å². The summed E-state index contributed by atoms with van der Waals surface area (Å²) in [4.78, 5) is 7.36. The minimum absolute atomic E-state index is 0.403. The molecule has 3 rings (SSSR count). The number of nitrogens with one attached hydrogen (secondary N) is 1. The number of amidine groups is 1. The summed E-state index contributed by atoms with van der Waals surface area (Å²) in [7, 11) is 2.25. The second-order valence-electron chi connectivity index (χ2n) is 6.53. The Morgan fingerprint density at radius 3 is 2.89 bits per heavy atom. The van der Waals surface area contributed by atoms with Gasteiger partial charge in [-0.3, -0.25) is 4.99 Å². The Bertz CT molecular complexity index is 336. The number of hydrogen-bond donors (Lipinski definition) is 1. The van der Waals surface area contributed by atoms with E-state index in [1.165, 1.54) is 68.8 Å². The fourth-order valence-corrected chi connectivity index (χ4v) is 4.88. The summed E-state index contributed by atoms with van der Waals surface area (Å²) in [6.07, 6.45) is 11.0. The molecule has 1 atom stereocenters. The van der Waals surface area contributed by atoms with Crippen molar-refractivity contribution in [2.24, 2.45) is 4.99 Å². The van der Waals surface area contributed by atoms with Gasteiger partial charge in [0.2, 0.25) is 0 Å². The zero-order valence-corrected chi connectivity index (χ0v) is 13.0. The minimum Gasteiger partial charge on any atom is -0.359 e. The van der Waals surface area contributed by atoms with Crippen LogP contribution in [0.4, 0.5) is 0 Å². The zero-order valence-electron chi connectivity index (χ0n) is 12.2. The van der Waals surface area contributed by atoms with E-state index in [9.17, 15) is 0 Å².